The zero-order valence-corrected chi connectivity index (χ0v) is 10.2. The maximum atomic E-state index is 9.72. The molecule has 0 saturated carbocycles. The Balaban J connectivity index is 1.84. The summed E-state index contributed by atoms with van der Waals surface area (Å²) in [5.74, 6) is 0. The van der Waals surface area contributed by atoms with Gasteiger partial charge in [0.1, 0.15) is 24.4 Å². The number of hydrogen-bond donors (Lipinski definition) is 4. The van der Waals surface area contributed by atoms with Crippen molar-refractivity contribution in [3.8, 4) is 0 Å². The Labute approximate surface area is 109 Å². The van der Waals surface area contributed by atoms with Crippen LogP contribution in [0.3, 0.4) is 0 Å². The molecule has 2 heterocycles. The SMILES string of the molecule is OCC1O[C@@H](OCCn2ccnc2)C(O)C(O)[C@H]1O. The Kier molecular flexibility index (Phi) is 4.86. The predicted molar refractivity (Wildman–Crippen MR) is 61.9 cm³/mol. The normalized spacial score (nSPS) is 35.5. The molecule has 3 unspecified atom stereocenters. The van der Waals surface area contributed by atoms with Gasteiger partial charge in [-0.05, 0) is 0 Å². The third kappa shape index (κ3) is 3.30. The van der Waals surface area contributed by atoms with Gasteiger partial charge in [0.15, 0.2) is 6.29 Å². The van der Waals surface area contributed by atoms with Crippen molar-refractivity contribution in [2.45, 2.75) is 37.3 Å². The molecule has 0 amide bonds. The van der Waals surface area contributed by atoms with Crippen LogP contribution >= 0.6 is 0 Å². The lowest BCUT2D eigenvalue weighted by atomic mass is 9.99. The predicted octanol–water partition coefficient (Wildman–Crippen LogP) is -2.30. The van der Waals surface area contributed by atoms with Crippen molar-refractivity contribution >= 4 is 0 Å². The van der Waals surface area contributed by atoms with Crippen LogP contribution < -0.4 is 0 Å². The topological polar surface area (TPSA) is 117 Å². The number of hydrogen-bond acceptors (Lipinski definition) is 7. The van der Waals surface area contributed by atoms with E-state index < -0.39 is 37.3 Å². The van der Waals surface area contributed by atoms with E-state index in [4.69, 9.17) is 14.6 Å². The molecule has 0 bridgehead atoms. The molecule has 0 aliphatic carbocycles. The van der Waals surface area contributed by atoms with Gasteiger partial charge in [-0.1, -0.05) is 0 Å². The first-order chi connectivity index (χ1) is 9.13. The maximum absolute atomic E-state index is 9.72. The van der Waals surface area contributed by atoms with Crippen molar-refractivity contribution in [1.82, 2.24) is 9.55 Å². The van der Waals surface area contributed by atoms with Crippen molar-refractivity contribution in [3.05, 3.63) is 18.7 Å². The summed E-state index contributed by atoms with van der Waals surface area (Å²) in [5.41, 5.74) is 0. The average Bonchev–Trinajstić information content (AvgIpc) is 2.92. The van der Waals surface area contributed by atoms with E-state index in [1.807, 2.05) is 0 Å². The first kappa shape index (κ1) is 14.4. The summed E-state index contributed by atoms with van der Waals surface area (Å²) in [6, 6.07) is 0. The summed E-state index contributed by atoms with van der Waals surface area (Å²) in [5, 5.41) is 37.9. The minimum absolute atomic E-state index is 0.235. The summed E-state index contributed by atoms with van der Waals surface area (Å²) in [4.78, 5) is 3.87. The third-order valence-electron chi connectivity index (χ3n) is 3.04. The van der Waals surface area contributed by atoms with E-state index in [1.165, 1.54) is 0 Å². The Morgan fingerprint density at radius 1 is 1.21 bits per heavy atom. The molecule has 8 heteroatoms. The summed E-state index contributed by atoms with van der Waals surface area (Å²) < 4.78 is 12.3. The fourth-order valence-corrected chi connectivity index (χ4v) is 1.90. The molecule has 19 heavy (non-hydrogen) atoms. The summed E-state index contributed by atoms with van der Waals surface area (Å²) in [7, 11) is 0. The molecule has 1 fully saturated rings. The Hall–Kier alpha value is -1.03. The van der Waals surface area contributed by atoms with Gasteiger partial charge in [0.05, 0.1) is 19.5 Å². The van der Waals surface area contributed by atoms with Gasteiger partial charge in [-0.25, -0.2) is 4.98 Å². The van der Waals surface area contributed by atoms with Gasteiger partial charge in [-0.2, -0.15) is 0 Å². The van der Waals surface area contributed by atoms with Crippen LogP contribution in [0, 0.1) is 0 Å². The molecule has 1 aromatic rings. The molecular formula is C11H18N2O6. The Bertz CT molecular complexity index is 371. The van der Waals surface area contributed by atoms with Crippen molar-refractivity contribution < 1.29 is 29.9 Å². The molecule has 0 aromatic carbocycles. The molecule has 1 saturated heterocycles. The van der Waals surface area contributed by atoms with Crippen LogP contribution in [0.4, 0.5) is 0 Å². The van der Waals surface area contributed by atoms with Crippen molar-refractivity contribution in [1.29, 1.82) is 0 Å². The molecule has 1 aliphatic heterocycles. The zero-order chi connectivity index (χ0) is 13.8. The standard InChI is InChI=1S/C11H18N2O6/c14-5-7-8(15)9(16)10(17)11(19-7)18-4-3-13-2-1-12-6-13/h1-2,6-11,14-17H,3-5H2/t7?,8-,9?,10?,11+/m0/s1. The third-order valence-corrected chi connectivity index (χ3v) is 3.04. The van der Waals surface area contributed by atoms with E-state index in [0.717, 1.165) is 0 Å². The number of nitrogens with zero attached hydrogens (tertiary/aromatic N) is 2. The van der Waals surface area contributed by atoms with E-state index in [9.17, 15) is 15.3 Å². The van der Waals surface area contributed by atoms with Crippen LogP contribution in [0.5, 0.6) is 0 Å². The lowest BCUT2D eigenvalue weighted by Gasteiger charge is -2.39. The number of ether oxygens (including phenoxy) is 2. The van der Waals surface area contributed by atoms with E-state index in [2.05, 4.69) is 4.98 Å². The van der Waals surface area contributed by atoms with Gasteiger partial charge in [-0.15, -0.1) is 0 Å². The molecule has 1 aliphatic rings. The second kappa shape index (κ2) is 6.42. The van der Waals surface area contributed by atoms with Crippen LogP contribution in [-0.4, -0.2) is 73.9 Å². The van der Waals surface area contributed by atoms with Gasteiger partial charge in [0.25, 0.3) is 0 Å². The van der Waals surface area contributed by atoms with Gasteiger partial charge in [0.2, 0.25) is 0 Å². The van der Waals surface area contributed by atoms with Crippen LogP contribution in [0.25, 0.3) is 0 Å². The average molecular weight is 274 g/mol. The molecule has 4 N–H and O–H groups in total. The van der Waals surface area contributed by atoms with Crippen LogP contribution in [0.1, 0.15) is 0 Å². The highest BCUT2D eigenvalue weighted by Gasteiger charge is 2.43. The van der Waals surface area contributed by atoms with Gasteiger partial charge < -0.3 is 34.5 Å². The zero-order valence-electron chi connectivity index (χ0n) is 10.2. The van der Waals surface area contributed by atoms with Crippen LogP contribution in [0.15, 0.2) is 18.7 Å². The molecule has 0 radical (unpaired) electrons. The molecule has 0 spiro atoms. The lowest BCUT2D eigenvalue weighted by molar-refractivity contribution is -0.301. The summed E-state index contributed by atoms with van der Waals surface area (Å²) in [6.45, 7) is 0.278. The van der Waals surface area contributed by atoms with E-state index in [0.29, 0.717) is 6.54 Å². The van der Waals surface area contributed by atoms with Crippen LogP contribution in [-0.2, 0) is 16.0 Å². The van der Waals surface area contributed by atoms with Gasteiger partial charge in [0, 0.05) is 18.9 Å². The molecule has 8 nitrogen and oxygen atoms in total. The first-order valence-corrected chi connectivity index (χ1v) is 6.01. The van der Waals surface area contributed by atoms with Gasteiger partial charge >= 0.3 is 0 Å². The fourth-order valence-electron chi connectivity index (χ4n) is 1.90. The Morgan fingerprint density at radius 2 is 2.00 bits per heavy atom. The van der Waals surface area contributed by atoms with E-state index in [-0.39, 0.29) is 6.61 Å². The number of aliphatic hydroxyl groups is 4. The monoisotopic (exact) mass is 274 g/mol. The highest BCUT2D eigenvalue weighted by molar-refractivity contribution is 4.88. The Morgan fingerprint density at radius 3 is 2.63 bits per heavy atom. The van der Waals surface area contributed by atoms with Crippen molar-refractivity contribution in [3.63, 3.8) is 0 Å². The van der Waals surface area contributed by atoms with Gasteiger partial charge in [-0.3, -0.25) is 0 Å². The lowest BCUT2D eigenvalue weighted by Crippen LogP contribution is -2.59. The quantitative estimate of drug-likeness (QED) is 0.477. The number of aliphatic hydroxyl groups excluding tert-OH is 4. The first-order valence-electron chi connectivity index (χ1n) is 6.01. The molecular weight excluding hydrogens is 256 g/mol. The summed E-state index contributed by atoms with van der Waals surface area (Å²) in [6.07, 6.45) is -1.16. The highest BCUT2D eigenvalue weighted by Crippen LogP contribution is 2.21. The van der Waals surface area contributed by atoms with Crippen LogP contribution in [0.2, 0.25) is 0 Å². The number of imidazole rings is 1. The van der Waals surface area contributed by atoms with Crippen molar-refractivity contribution in [2.75, 3.05) is 13.2 Å². The summed E-state index contributed by atoms with van der Waals surface area (Å²) >= 11 is 0. The minimum Gasteiger partial charge on any atom is -0.394 e. The number of rotatable bonds is 5. The van der Waals surface area contributed by atoms with Crippen molar-refractivity contribution in [2.24, 2.45) is 0 Å². The largest absolute Gasteiger partial charge is 0.394 e. The maximum Gasteiger partial charge on any atom is 0.186 e. The smallest absolute Gasteiger partial charge is 0.186 e. The van der Waals surface area contributed by atoms with E-state index in [1.54, 1.807) is 23.3 Å². The molecule has 2 rings (SSSR count). The molecule has 5 atom stereocenters. The molecule has 1 aromatic heterocycles. The highest BCUT2D eigenvalue weighted by atomic mass is 16.7. The second-order valence-electron chi connectivity index (χ2n) is 4.37. The molecule has 108 valence electrons. The van der Waals surface area contributed by atoms with E-state index >= 15 is 0 Å². The fraction of sp³-hybridized carbons (Fsp3) is 0.727. The minimum atomic E-state index is -1.41. The number of aromatic nitrogens is 2. The second-order valence-corrected chi connectivity index (χ2v) is 4.37.